The van der Waals surface area contributed by atoms with E-state index >= 15 is 0 Å². The summed E-state index contributed by atoms with van der Waals surface area (Å²) in [5, 5.41) is 6.67. The van der Waals surface area contributed by atoms with Gasteiger partial charge >= 0.3 is 0 Å². The number of nitrogens with one attached hydrogen (secondary N) is 2. The van der Waals surface area contributed by atoms with E-state index in [1.54, 1.807) is 13.3 Å². The van der Waals surface area contributed by atoms with E-state index in [-0.39, 0.29) is 24.0 Å². The van der Waals surface area contributed by atoms with Gasteiger partial charge in [-0.25, -0.2) is 0 Å². The molecule has 0 atom stereocenters. The van der Waals surface area contributed by atoms with Gasteiger partial charge in [0.1, 0.15) is 5.76 Å². The monoisotopic (exact) mass is 377 g/mol. The van der Waals surface area contributed by atoms with Crippen LogP contribution in [-0.4, -0.2) is 19.6 Å². The summed E-state index contributed by atoms with van der Waals surface area (Å²) in [6.45, 7) is 4.01. The summed E-state index contributed by atoms with van der Waals surface area (Å²) in [5.41, 5.74) is 0.433. The quantitative estimate of drug-likeness (QED) is 0.482. The summed E-state index contributed by atoms with van der Waals surface area (Å²) < 4.78 is 5.28. The van der Waals surface area contributed by atoms with Crippen LogP contribution in [0.2, 0.25) is 0 Å². The maximum Gasteiger partial charge on any atom is 0.191 e. The molecular weight excluding hydrogens is 353 g/mol. The predicted molar refractivity (Wildman–Crippen MR) is 88.9 cm³/mol. The van der Waals surface area contributed by atoms with Crippen LogP contribution < -0.4 is 10.6 Å². The minimum absolute atomic E-state index is 0. The Hall–Kier alpha value is -0.720. The van der Waals surface area contributed by atoms with Gasteiger partial charge in [0.25, 0.3) is 0 Å². The van der Waals surface area contributed by atoms with Crippen LogP contribution >= 0.6 is 24.0 Å². The fourth-order valence-corrected chi connectivity index (χ4v) is 2.51. The van der Waals surface area contributed by atoms with Crippen molar-refractivity contribution in [2.75, 3.05) is 13.6 Å². The Bertz CT molecular complexity index is 383. The lowest BCUT2D eigenvalue weighted by atomic mass is 9.89. The van der Waals surface area contributed by atoms with E-state index in [4.69, 9.17) is 4.42 Å². The van der Waals surface area contributed by atoms with Gasteiger partial charge in [-0.3, -0.25) is 4.99 Å². The normalized spacial score (nSPS) is 17.9. The Kier molecular flexibility index (Phi) is 6.68. The zero-order valence-electron chi connectivity index (χ0n) is 11.7. The van der Waals surface area contributed by atoms with Crippen molar-refractivity contribution in [3.05, 3.63) is 24.2 Å². The molecule has 0 saturated heterocycles. The van der Waals surface area contributed by atoms with E-state index < -0.39 is 0 Å². The second-order valence-corrected chi connectivity index (χ2v) is 5.38. The number of nitrogens with zero attached hydrogens (tertiary/aromatic N) is 1. The van der Waals surface area contributed by atoms with E-state index in [0.717, 1.165) is 18.3 Å². The molecule has 1 aliphatic rings. The Balaban J connectivity index is 0.00000180. The van der Waals surface area contributed by atoms with Crippen molar-refractivity contribution in [3.63, 3.8) is 0 Å². The molecule has 1 aliphatic carbocycles. The lowest BCUT2D eigenvalue weighted by Gasteiger charge is -2.25. The maximum absolute atomic E-state index is 5.28. The van der Waals surface area contributed by atoms with E-state index in [1.807, 2.05) is 12.1 Å². The van der Waals surface area contributed by atoms with Gasteiger partial charge in [-0.2, -0.15) is 0 Å². The molecule has 1 aromatic rings. The molecule has 4 nitrogen and oxygen atoms in total. The molecule has 1 aromatic heterocycles. The van der Waals surface area contributed by atoms with Gasteiger partial charge in [-0.15, -0.1) is 24.0 Å². The van der Waals surface area contributed by atoms with Crippen LogP contribution in [0.3, 0.4) is 0 Å². The number of hydrogen-bond donors (Lipinski definition) is 2. The zero-order valence-corrected chi connectivity index (χ0v) is 14.1. The molecule has 108 valence electrons. The van der Waals surface area contributed by atoms with Crippen LogP contribution in [-0.2, 0) is 6.54 Å². The SMILES string of the molecule is CN=C(NCc1ccco1)NCC1(C)CCCC1.I. The maximum atomic E-state index is 5.28. The van der Waals surface area contributed by atoms with Crippen LogP contribution in [0.15, 0.2) is 27.8 Å². The largest absolute Gasteiger partial charge is 0.467 e. The number of furan rings is 1. The number of hydrogen-bond acceptors (Lipinski definition) is 2. The molecule has 0 spiro atoms. The van der Waals surface area contributed by atoms with Crippen molar-refractivity contribution >= 4 is 29.9 Å². The fraction of sp³-hybridized carbons (Fsp3) is 0.643. The van der Waals surface area contributed by atoms with Gasteiger partial charge < -0.3 is 15.1 Å². The van der Waals surface area contributed by atoms with Crippen molar-refractivity contribution in [1.82, 2.24) is 10.6 Å². The lowest BCUT2D eigenvalue weighted by Crippen LogP contribution is -2.41. The minimum atomic E-state index is 0. The summed E-state index contributed by atoms with van der Waals surface area (Å²) in [6.07, 6.45) is 7.03. The zero-order chi connectivity index (χ0) is 12.8. The second-order valence-electron chi connectivity index (χ2n) is 5.38. The van der Waals surface area contributed by atoms with Crippen LogP contribution in [0.25, 0.3) is 0 Å². The third-order valence-corrected chi connectivity index (χ3v) is 3.73. The van der Waals surface area contributed by atoms with Gasteiger partial charge in [-0.1, -0.05) is 19.8 Å². The molecule has 2 N–H and O–H groups in total. The average molecular weight is 377 g/mol. The van der Waals surface area contributed by atoms with Gasteiger partial charge in [0.2, 0.25) is 0 Å². The molecule has 5 heteroatoms. The van der Waals surface area contributed by atoms with Crippen LogP contribution in [0.5, 0.6) is 0 Å². The highest BCUT2D eigenvalue weighted by Crippen LogP contribution is 2.36. The van der Waals surface area contributed by atoms with Gasteiger partial charge in [0.05, 0.1) is 12.8 Å². The third-order valence-electron chi connectivity index (χ3n) is 3.73. The molecule has 19 heavy (non-hydrogen) atoms. The first kappa shape index (κ1) is 16.3. The summed E-state index contributed by atoms with van der Waals surface area (Å²) in [6, 6.07) is 3.85. The topological polar surface area (TPSA) is 49.6 Å². The molecule has 0 bridgehead atoms. The number of halogens is 1. The first-order chi connectivity index (χ1) is 8.72. The molecule has 0 aromatic carbocycles. The highest BCUT2D eigenvalue weighted by atomic mass is 127. The van der Waals surface area contributed by atoms with E-state index in [0.29, 0.717) is 12.0 Å². The molecule has 1 saturated carbocycles. The van der Waals surface area contributed by atoms with Crippen molar-refractivity contribution in [2.24, 2.45) is 10.4 Å². The molecule has 2 rings (SSSR count). The summed E-state index contributed by atoms with van der Waals surface area (Å²) >= 11 is 0. The van der Waals surface area contributed by atoms with E-state index in [9.17, 15) is 0 Å². The third kappa shape index (κ3) is 5.04. The summed E-state index contributed by atoms with van der Waals surface area (Å²) in [7, 11) is 1.80. The lowest BCUT2D eigenvalue weighted by molar-refractivity contribution is 0.334. The van der Waals surface area contributed by atoms with E-state index in [1.165, 1.54) is 25.7 Å². The first-order valence-corrected chi connectivity index (χ1v) is 6.69. The first-order valence-electron chi connectivity index (χ1n) is 6.69. The molecule has 0 aliphatic heterocycles. The van der Waals surface area contributed by atoms with Crippen molar-refractivity contribution in [3.8, 4) is 0 Å². The molecule has 0 unspecified atom stereocenters. The Morgan fingerprint density at radius 1 is 1.37 bits per heavy atom. The van der Waals surface area contributed by atoms with Crippen LogP contribution in [0, 0.1) is 5.41 Å². The summed E-state index contributed by atoms with van der Waals surface area (Å²) in [5.74, 6) is 1.77. The second kappa shape index (κ2) is 7.77. The average Bonchev–Trinajstić information content (AvgIpc) is 3.01. The predicted octanol–water partition coefficient (Wildman–Crippen LogP) is 3.14. The van der Waals surface area contributed by atoms with Gasteiger partial charge in [-0.05, 0) is 30.4 Å². The van der Waals surface area contributed by atoms with Crippen LogP contribution in [0.1, 0.15) is 38.4 Å². The molecule has 0 amide bonds. The van der Waals surface area contributed by atoms with Crippen molar-refractivity contribution < 1.29 is 4.42 Å². The molecule has 0 radical (unpaired) electrons. The number of guanidine groups is 1. The van der Waals surface area contributed by atoms with Crippen molar-refractivity contribution in [1.29, 1.82) is 0 Å². The van der Waals surface area contributed by atoms with Crippen molar-refractivity contribution in [2.45, 2.75) is 39.2 Å². The molecule has 1 fully saturated rings. The molecular formula is C14H24IN3O. The standard InChI is InChI=1S/C14H23N3O.HI/c1-14(7-3-4-8-14)11-17-13(15-2)16-10-12-6-5-9-18-12;/h5-6,9H,3-4,7-8,10-11H2,1-2H3,(H2,15,16,17);1H. The highest BCUT2D eigenvalue weighted by Gasteiger charge is 2.28. The number of rotatable bonds is 4. The number of aliphatic imine (C=N–C) groups is 1. The Morgan fingerprint density at radius 3 is 2.68 bits per heavy atom. The summed E-state index contributed by atoms with van der Waals surface area (Å²) in [4.78, 5) is 4.23. The Labute approximate surface area is 132 Å². The molecule has 1 heterocycles. The van der Waals surface area contributed by atoms with Crippen LogP contribution in [0.4, 0.5) is 0 Å². The van der Waals surface area contributed by atoms with Gasteiger partial charge in [0, 0.05) is 13.6 Å². The van der Waals surface area contributed by atoms with Gasteiger partial charge in [0.15, 0.2) is 5.96 Å². The Morgan fingerprint density at radius 2 is 2.11 bits per heavy atom. The smallest absolute Gasteiger partial charge is 0.191 e. The van der Waals surface area contributed by atoms with E-state index in [2.05, 4.69) is 22.5 Å². The minimum Gasteiger partial charge on any atom is -0.467 e. The fourth-order valence-electron chi connectivity index (χ4n) is 2.51. The highest BCUT2D eigenvalue weighted by molar-refractivity contribution is 14.0.